The van der Waals surface area contributed by atoms with E-state index in [1.54, 1.807) is 0 Å². The fourth-order valence-electron chi connectivity index (χ4n) is 1.85. The van der Waals surface area contributed by atoms with Crippen LogP contribution in [0.5, 0.6) is 0 Å². The van der Waals surface area contributed by atoms with Crippen LogP contribution in [0.3, 0.4) is 0 Å². The molecule has 1 rings (SSSR count). The normalized spacial score (nSPS) is 16.3. The quantitative estimate of drug-likeness (QED) is 0.888. The van der Waals surface area contributed by atoms with Crippen molar-refractivity contribution in [1.29, 1.82) is 0 Å². The molecule has 0 aromatic heterocycles. The average Bonchev–Trinajstić information content (AvgIpc) is 2.26. The van der Waals surface area contributed by atoms with Crippen molar-refractivity contribution in [2.45, 2.75) is 45.8 Å². The smallest absolute Gasteiger partial charge is 0.301 e. The molecule has 0 fully saturated rings. The predicted molar refractivity (Wildman–Crippen MR) is 68.4 cm³/mol. The Morgan fingerprint density at radius 3 is 2.16 bits per heavy atom. The molecule has 5 heteroatoms. The Morgan fingerprint density at radius 1 is 1.21 bits per heavy atom. The van der Waals surface area contributed by atoms with Gasteiger partial charge in [0.25, 0.3) is 0 Å². The van der Waals surface area contributed by atoms with Gasteiger partial charge in [-0.3, -0.25) is 0 Å². The highest BCUT2D eigenvalue weighted by atomic mass is 19.3. The van der Waals surface area contributed by atoms with Gasteiger partial charge in [-0.1, -0.05) is 32.9 Å². The van der Waals surface area contributed by atoms with Gasteiger partial charge in [-0.25, -0.2) is 4.39 Å². The second-order valence-electron chi connectivity index (χ2n) is 5.89. The van der Waals surface area contributed by atoms with E-state index < -0.39 is 34.9 Å². The summed E-state index contributed by atoms with van der Waals surface area (Å²) in [6.45, 7) is 5.93. The highest BCUT2D eigenvalue weighted by Gasteiger charge is 2.48. The van der Waals surface area contributed by atoms with Crippen molar-refractivity contribution in [3.8, 4) is 0 Å². The first-order valence-electron chi connectivity index (χ1n) is 6.10. The molecule has 1 aromatic rings. The van der Waals surface area contributed by atoms with Crippen LogP contribution >= 0.6 is 0 Å². The Bertz CT molecular complexity index is 452. The van der Waals surface area contributed by atoms with E-state index in [1.165, 1.54) is 39.8 Å². The van der Waals surface area contributed by atoms with Crippen molar-refractivity contribution in [1.82, 2.24) is 0 Å². The van der Waals surface area contributed by atoms with Crippen LogP contribution in [0.4, 0.5) is 13.2 Å². The van der Waals surface area contributed by atoms with Gasteiger partial charge in [-0.2, -0.15) is 8.78 Å². The van der Waals surface area contributed by atoms with Crippen LogP contribution in [-0.2, 0) is 5.92 Å². The van der Waals surface area contributed by atoms with E-state index in [1.807, 2.05) is 0 Å². The lowest BCUT2D eigenvalue weighted by molar-refractivity contribution is -0.157. The Labute approximate surface area is 111 Å². The number of alkyl halides is 2. The van der Waals surface area contributed by atoms with Crippen molar-refractivity contribution in [2.24, 2.45) is 11.1 Å². The molecule has 0 saturated heterocycles. The fourth-order valence-corrected chi connectivity index (χ4v) is 1.85. The second-order valence-corrected chi connectivity index (χ2v) is 5.89. The molecular weight excluding hydrogens is 255 g/mol. The molecule has 1 unspecified atom stereocenters. The number of benzene rings is 1. The molecule has 19 heavy (non-hydrogen) atoms. The summed E-state index contributed by atoms with van der Waals surface area (Å²) in [7, 11) is 0. The van der Waals surface area contributed by atoms with Gasteiger partial charge in [-0.05, 0) is 18.4 Å². The molecule has 0 spiro atoms. The largest absolute Gasteiger partial charge is 0.386 e. The molecule has 0 heterocycles. The predicted octanol–water partition coefficient (Wildman–Crippen LogP) is 3.34. The third kappa shape index (κ3) is 3.09. The third-order valence-electron chi connectivity index (χ3n) is 3.04. The summed E-state index contributed by atoms with van der Waals surface area (Å²) in [4.78, 5) is 0. The molecule has 2 atom stereocenters. The van der Waals surface area contributed by atoms with Crippen LogP contribution in [0.15, 0.2) is 18.2 Å². The van der Waals surface area contributed by atoms with Gasteiger partial charge in [0.1, 0.15) is 11.9 Å². The van der Waals surface area contributed by atoms with Gasteiger partial charge in [0.05, 0.1) is 5.56 Å². The zero-order valence-electron chi connectivity index (χ0n) is 11.5. The van der Waals surface area contributed by atoms with Crippen LogP contribution < -0.4 is 5.73 Å². The minimum Gasteiger partial charge on any atom is -0.386 e. The van der Waals surface area contributed by atoms with E-state index in [2.05, 4.69) is 0 Å². The van der Waals surface area contributed by atoms with E-state index in [0.29, 0.717) is 0 Å². The summed E-state index contributed by atoms with van der Waals surface area (Å²) in [5.41, 5.74) is 3.67. The highest BCUT2D eigenvalue weighted by molar-refractivity contribution is 5.32. The molecule has 3 N–H and O–H groups in total. The monoisotopic (exact) mass is 275 g/mol. The Hall–Kier alpha value is -1.07. The average molecular weight is 275 g/mol. The SMILES string of the molecule is C[C@@H](N)c1cccc(C(F)(F)C(O)C(C)(C)C)c1F. The van der Waals surface area contributed by atoms with Gasteiger partial charge in [-0.15, -0.1) is 0 Å². The molecule has 0 radical (unpaired) electrons. The zero-order chi connectivity index (χ0) is 15.0. The first-order valence-corrected chi connectivity index (χ1v) is 6.10. The summed E-state index contributed by atoms with van der Waals surface area (Å²) in [5, 5.41) is 9.77. The van der Waals surface area contributed by atoms with Crippen molar-refractivity contribution in [2.75, 3.05) is 0 Å². The van der Waals surface area contributed by atoms with Crippen molar-refractivity contribution in [3.63, 3.8) is 0 Å². The summed E-state index contributed by atoms with van der Waals surface area (Å²) in [6.07, 6.45) is -1.99. The maximum Gasteiger partial charge on any atom is 0.301 e. The maximum absolute atomic E-state index is 14.2. The van der Waals surface area contributed by atoms with Crippen LogP contribution in [0.25, 0.3) is 0 Å². The van der Waals surface area contributed by atoms with E-state index in [-0.39, 0.29) is 5.56 Å². The van der Waals surface area contributed by atoms with Gasteiger partial charge in [0, 0.05) is 11.6 Å². The molecule has 0 bridgehead atoms. The number of hydrogen-bond donors (Lipinski definition) is 2. The highest BCUT2D eigenvalue weighted by Crippen LogP contribution is 2.41. The lowest BCUT2D eigenvalue weighted by Gasteiger charge is -2.33. The summed E-state index contributed by atoms with van der Waals surface area (Å²) < 4.78 is 42.5. The Morgan fingerprint density at radius 2 is 1.74 bits per heavy atom. The van der Waals surface area contributed by atoms with Crippen LogP contribution in [-0.4, -0.2) is 11.2 Å². The number of hydrogen-bond acceptors (Lipinski definition) is 2. The van der Waals surface area contributed by atoms with Crippen LogP contribution in [0.1, 0.15) is 44.9 Å². The number of aliphatic hydroxyl groups is 1. The molecule has 0 aliphatic carbocycles. The maximum atomic E-state index is 14.2. The lowest BCUT2D eigenvalue weighted by Crippen LogP contribution is -2.41. The first kappa shape index (κ1) is 16.0. The topological polar surface area (TPSA) is 46.2 Å². The fraction of sp³-hybridized carbons (Fsp3) is 0.571. The van der Waals surface area contributed by atoms with Crippen molar-refractivity contribution in [3.05, 3.63) is 35.1 Å². The Kier molecular flexibility index (Phi) is 4.32. The molecule has 0 saturated carbocycles. The summed E-state index contributed by atoms with van der Waals surface area (Å²) in [6, 6.07) is 2.97. The molecule has 2 nitrogen and oxygen atoms in total. The molecule has 1 aromatic carbocycles. The molecular formula is C14H20F3NO. The number of nitrogens with two attached hydrogens (primary N) is 1. The number of aliphatic hydroxyl groups excluding tert-OH is 1. The van der Waals surface area contributed by atoms with Crippen LogP contribution in [0, 0.1) is 11.2 Å². The lowest BCUT2D eigenvalue weighted by atomic mass is 9.82. The zero-order valence-corrected chi connectivity index (χ0v) is 11.5. The molecule has 0 amide bonds. The van der Waals surface area contributed by atoms with Gasteiger partial charge in [0.15, 0.2) is 0 Å². The Balaban J connectivity index is 3.33. The van der Waals surface area contributed by atoms with Gasteiger partial charge < -0.3 is 10.8 Å². The van der Waals surface area contributed by atoms with E-state index >= 15 is 0 Å². The first-order chi connectivity index (χ1) is 8.49. The number of rotatable bonds is 3. The van der Waals surface area contributed by atoms with Crippen molar-refractivity contribution >= 4 is 0 Å². The number of halogens is 3. The van der Waals surface area contributed by atoms with Crippen molar-refractivity contribution < 1.29 is 18.3 Å². The second kappa shape index (κ2) is 5.13. The van der Waals surface area contributed by atoms with E-state index in [4.69, 9.17) is 5.73 Å². The minimum absolute atomic E-state index is 0.0123. The summed E-state index contributed by atoms with van der Waals surface area (Å²) in [5.74, 6) is -4.72. The molecule has 0 aliphatic heterocycles. The van der Waals surface area contributed by atoms with Gasteiger partial charge >= 0.3 is 5.92 Å². The minimum atomic E-state index is -3.67. The molecule has 0 aliphatic rings. The van der Waals surface area contributed by atoms with Crippen LogP contribution in [0.2, 0.25) is 0 Å². The third-order valence-corrected chi connectivity index (χ3v) is 3.04. The summed E-state index contributed by atoms with van der Waals surface area (Å²) >= 11 is 0. The van der Waals surface area contributed by atoms with Gasteiger partial charge in [0.2, 0.25) is 0 Å². The van der Waals surface area contributed by atoms with E-state index in [9.17, 15) is 18.3 Å². The molecule has 108 valence electrons. The standard InChI is InChI=1S/C14H20F3NO/c1-8(18)9-6-5-7-10(11(9)15)14(16,17)12(19)13(2,3)4/h5-8,12,19H,18H2,1-4H3/t8-,12?/m1/s1. The van der Waals surface area contributed by atoms with E-state index in [0.717, 1.165) is 6.07 Å².